The van der Waals surface area contributed by atoms with Crippen LogP contribution in [-0.2, 0) is 0 Å². The van der Waals surface area contributed by atoms with Gasteiger partial charge in [0.05, 0.1) is 9.86 Å². The minimum Gasteiger partial charge on any atom is -0.457 e. The third-order valence-electron chi connectivity index (χ3n) is 2.49. The summed E-state index contributed by atoms with van der Waals surface area (Å²) in [4.78, 5) is 0. The maximum atomic E-state index is 13.5. The van der Waals surface area contributed by atoms with Gasteiger partial charge in [0, 0.05) is 0 Å². The second-order valence-corrected chi connectivity index (χ2v) is 4.58. The summed E-state index contributed by atoms with van der Waals surface area (Å²) in [6, 6.07) is 4.53. The van der Waals surface area contributed by atoms with Gasteiger partial charge in [-0.25, -0.2) is 4.39 Å². The van der Waals surface area contributed by atoms with E-state index in [2.05, 4.69) is 15.9 Å². The molecule has 86 valence electrons. The van der Waals surface area contributed by atoms with Crippen LogP contribution >= 0.6 is 15.9 Å². The Balaban J connectivity index is 2.51. The van der Waals surface area contributed by atoms with Crippen LogP contribution < -0.4 is 0 Å². The lowest BCUT2D eigenvalue weighted by Gasteiger charge is -2.03. The second kappa shape index (κ2) is 4.55. The van der Waals surface area contributed by atoms with E-state index in [1.165, 1.54) is 6.07 Å². The molecular formula is C12H12BrFO2. The van der Waals surface area contributed by atoms with Crippen LogP contribution in [-0.4, -0.2) is 5.11 Å². The topological polar surface area (TPSA) is 33.4 Å². The Morgan fingerprint density at radius 1 is 1.50 bits per heavy atom. The summed E-state index contributed by atoms with van der Waals surface area (Å²) in [5, 5.41) is 10.2. The molecule has 0 aliphatic rings. The highest BCUT2D eigenvalue weighted by atomic mass is 79.9. The Labute approximate surface area is 101 Å². The van der Waals surface area contributed by atoms with Crippen molar-refractivity contribution in [1.82, 2.24) is 0 Å². The van der Waals surface area contributed by atoms with Gasteiger partial charge in [0.2, 0.25) is 0 Å². The van der Waals surface area contributed by atoms with Crippen LogP contribution in [0.15, 0.2) is 27.1 Å². The maximum Gasteiger partial charge on any atom is 0.151 e. The van der Waals surface area contributed by atoms with Gasteiger partial charge >= 0.3 is 0 Å². The molecule has 0 spiro atoms. The van der Waals surface area contributed by atoms with E-state index in [-0.39, 0.29) is 5.82 Å². The predicted molar refractivity (Wildman–Crippen MR) is 63.7 cm³/mol. The lowest BCUT2D eigenvalue weighted by atomic mass is 10.1. The molecule has 0 aliphatic carbocycles. The summed E-state index contributed by atoms with van der Waals surface area (Å²) >= 11 is 3.29. The Morgan fingerprint density at radius 3 is 2.88 bits per heavy atom. The monoisotopic (exact) mass is 286 g/mol. The van der Waals surface area contributed by atoms with Gasteiger partial charge in [-0.15, -0.1) is 0 Å². The maximum absolute atomic E-state index is 13.5. The normalized spacial score (nSPS) is 13.2. The standard InChI is InChI=1S/C12H12BrFO2/c1-2-3-10(15)11-6-7-9(14)5-4-8(13)12(7)16-11/h4-6,10,15H,2-3H2,1H3. The van der Waals surface area contributed by atoms with Crippen LogP contribution in [0.3, 0.4) is 0 Å². The lowest BCUT2D eigenvalue weighted by molar-refractivity contribution is 0.141. The molecule has 1 heterocycles. The van der Waals surface area contributed by atoms with Crippen molar-refractivity contribution < 1.29 is 13.9 Å². The van der Waals surface area contributed by atoms with Crippen molar-refractivity contribution in [2.45, 2.75) is 25.9 Å². The summed E-state index contributed by atoms with van der Waals surface area (Å²) < 4.78 is 19.6. The van der Waals surface area contributed by atoms with Gasteiger partial charge in [0.1, 0.15) is 17.7 Å². The lowest BCUT2D eigenvalue weighted by Crippen LogP contribution is -1.93. The summed E-state index contributed by atoms with van der Waals surface area (Å²) in [5.74, 6) is 0.0829. The Hall–Kier alpha value is -0.870. The van der Waals surface area contributed by atoms with Crippen LogP contribution in [0.1, 0.15) is 31.6 Å². The summed E-state index contributed by atoms with van der Waals surface area (Å²) in [6.07, 6.45) is 0.796. The SMILES string of the molecule is CCCC(O)c1cc2c(F)ccc(Br)c2o1. The van der Waals surface area contributed by atoms with E-state index in [4.69, 9.17) is 4.42 Å². The first-order valence-corrected chi connectivity index (χ1v) is 5.98. The fraction of sp³-hybridized carbons (Fsp3) is 0.333. The van der Waals surface area contributed by atoms with E-state index in [1.54, 1.807) is 12.1 Å². The van der Waals surface area contributed by atoms with E-state index >= 15 is 0 Å². The highest BCUT2D eigenvalue weighted by Gasteiger charge is 2.16. The van der Waals surface area contributed by atoms with Crippen LogP contribution in [0.5, 0.6) is 0 Å². The molecule has 2 aromatic rings. The molecule has 0 amide bonds. The van der Waals surface area contributed by atoms with Gasteiger partial charge in [0.25, 0.3) is 0 Å². The zero-order valence-electron chi connectivity index (χ0n) is 8.84. The van der Waals surface area contributed by atoms with Crippen LogP contribution in [0.25, 0.3) is 11.0 Å². The van der Waals surface area contributed by atoms with E-state index in [1.807, 2.05) is 6.92 Å². The third kappa shape index (κ3) is 1.99. The van der Waals surface area contributed by atoms with Crippen molar-refractivity contribution in [2.24, 2.45) is 0 Å². The number of aliphatic hydroxyl groups is 1. The van der Waals surface area contributed by atoms with Crippen molar-refractivity contribution in [3.8, 4) is 0 Å². The molecule has 2 rings (SSSR count). The van der Waals surface area contributed by atoms with Gasteiger partial charge in [-0.3, -0.25) is 0 Å². The minimum atomic E-state index is -0.663. The molecule has 1 aromatic carbocycles. The van der Waals surface area contributed by atoms with Crippen molar-refractivity contribution >= 4 is 26.9 Å². The average molecular weight is 287 g/mol. The van der Waals surface area contributed by atoms with Crippen LogP contribution in [0, 0.1) is 5.82 Å². The van der Waals surface area contributed by atoms with E-state index < -0.39 is 6.10 Å². The van der Waals surface area contributed by atoms with Crippen molar-refractivity contribution in [2.75, 3.05) is 0 Å². The minimum absolute atomic E-state index is 0.336. The average Bonchev–Trinajstić information content (AvgIpc) is 2.70. The molecule has 1 aromatic heterocycles. The first-order valence-electron chi connectivity index (χ1n) is 5.19. The van der Waals surface area contributed by atoms with Gasteiger partial charge < -0.3 is 9.52 Å². The number of aliphatic hydroxyl groups excluding tert-OH is 1. The zero-order valence-corrected chi connectivity index (χ0v) is 10.4. The summed E-state index contributed by atoms with van der Waals surface area (Å²) in [5.41, 5.74) is 0.449. The molecule has 4 heteroatoms. The quantitative estimate of drug-likeness (QED) is 0.919. The number of furan rings is 1. The molecule has 0 saturated heterocycles. The second-order valence-electron chi connectivity index (χ2n) is 3.73. The molecule has 1 atom stereocenters. The summed E-state index contributed by atoms with van der Waals surface area (Å²) in [6.45, 7) is 1.97. The van der Waals surface area contributed by atoms with Gasteiger partial charge in [-0.2, -0.15) is 0 Å². The molecule has 0 fully saturated rings. The number of hydrogen-bond donors (Lipinski definition) is 1. The van der Waals surface area contributed by atoms with Crippen LogP contribution in [0.2, 0.25) is 0 Å². The molecular weight excluding hydrogens is 275 g/mol. The fourth-order valence-electron chi connectivity index (χ4n) is 1.66. The Kier molecular flexibility index (Phi) is 3.30. The van der Waals surface area contributed by atoms with Gasteiger partial charge in [-0.1, -0.05) is 13.3 Å². The molecule has 1 unspecified atom stereocenters. The number of rotatable bonds is 3. The highest BCUT2D eigenvalue weighted by molar-refractivity contribution is 9.10. The molecule has 1 N–H and O–H groups in total. The molecule has 0 saturated carbocycles. The smallest absolute Gasteiger partial charge is 0.151 e. The van der Waals surface area contributed by atoms with Gasteiger partial charge in [0.15, 0.2) is 5.58 Å². The fourth-order valence-corrected chi connectivity index (χ4v) is 2.08. The van der Waals surface area contributed by atoms with Crippen molar-refractivity contribution in [3.05, 3.63) is 34.2 Å². The predicted octanol–water partition coefficient (Wildman–Crippen LogP) is 4.17. The van der Waals surface area contributed by atoms with Crippen molar-refractivity contribution in [3.63, 3.8) is 0 Å². The molecule has 0 radical (unpaired) electrons. The van der Waals surface area contributed by atoms with E-state index in [0.717, 1.165) is 6.42 Å². The molecule has 2 nitrogen and oxygen atoms in total. The number of fused-ring (bicyclic) bond motifs is 1. The molecule has 0 bridgehead atoms. The van der Waals surface area contributed by atoms with Crippen LogP contribution in [0.4, 0.5) is 4.39 Å². The van der Waals surface area contributed by atoms with Crippen molar-refractivity contribution in [1.29, 1.82) is 0 Å². The van der Waals surface area contributed by atoms with Gasteiger partial charge in [-0.05, 0) is 40.5 Å². The summed E-state index contributed by atoms with van der Waals surface area (Å²) in [7, 11) is 0. The largest absolute Gasteiger partial charge is 0.457 e. The zero-order chi connectivity index (χ0) is 11.7. The Bertz CT molecular complexity index is 468. The Morgan fingerprint density at radius 2 is 2.25 bits per heavy atom. The molecule has 0 aliphatic heterocycles. The third-order valence-corrected chi connectivity index (χ3v) is 3.12. The highest BCUT2D eigenvalue weighted by Crippen LogP contribution is 2.32. The van der Waals surface area contributed by atoms with E-state index in [9.17, 15) is 9.50 Å². The molecule has 16 heavy (non-hydrogen) atoms. The number of benzene rings is 1. The first kappa shape index (κ1) is 11.6. The number of hydrogen-bond acceptors (Lipinski definition) is 2. The van der Waals surface area contributed by atoms with E-state index in [0.29, 0.717) is 27.6 Å². The number of halogens is 2. The first-order chi connectivity index (χ1) is 7.63.